The van der Waals surface area contributed by atoms with Crippen molar-refractivity contribution < 1.29 is 4.74 Å². The minimum Gasteiger partial charge on any atom is -0.379 e. The molecule has 6 heteroatoms. The molecule has 0 bridgehead atoms. The minimum absolute atomic E-state index is 0.311. The van der Waals surface area contributed by atoms with Gasteiger partial charge < -0.3 is 10.1 Å². The molecule has 0 aliphatic carbocycles. The number of anilines is 1. The molecule has 0 radical (unpaired) electrons. The molecule has 2 heterocycles. The SMILES string of the molecule is CC(C)OCCCCNc1nc2c(Br)cccn2n1. The fraction of sp³-hybridized carbons (Fsp3) is 0.538. The summed E-state index contributed by atoms with van der Waals surface area (Å²) in [6, 6.07) is 3.88. The zero-order chi connectivity index (χ0) is 13.7. The first-order chi connectivity index (χ1) is 9.16. The maximum Gasteiger partial charge on any atom is 0.243 e. The van der Waals surface area contributed by atoms with Crippen molar-refractivity contribution in [2.75, 3.05) is 18.5 Å². The number of nitrogens with zero attached hydrogens (tertiary/aromatic N) is 3. The molecule has 104 valence electrons. The van der Waals surface area contributed by atoms with Crippen LogP contribution in [-0.4, -0.2) is 33.9 Å². The predicted octanol–water partition coefficient (Wildman–Crippen LogP) is 3.11. The first-order valence-electron chi connectivity index (χ1n) is 6.53. The molecule has 0 unspecified atom stereocenters. The van der Waals surface area contributed by atoms with Crippen molar-refractivity contribution in [2.45, 2.75) is 32.8 Å². The lowest BCUT2D eigenvalue weighted by atomic mass is 10.3. The van der Waals surface area contributed by atoms with Gasteiger partial charge in [0.2, 0.25) is 5.95 Å². The normalized spacial score (nSPS) is 11.4. The molecule has 0 spiro atoms. The highest BCUT2D eigenvalue weighted by Gasteiger charge is 2.05. The summed E-state index contributed by atoms with van der Waals surface area (Å²) in [5, 5.41) is 7.58. The molecule has 0 saturated carbocycles. The van der Waals surface area contributed by atoms with Gasteiger partial charge in [-0.2, -0.15) is 4.98 Å². The van der Waals surface area contributed by atoms with Crippen LogP contribution >= 0.6 is 15.9 Å². The van der Waals surface area contributed by atoms with E-state index in [0.717, 1.165) is 36.1 Å². The van der Waals surface area contributed by atoms with Crippen LogP contribution in [0.15, 0.2) is 22.8 Å². The van der Waals surface area contributed by atoms with E-state index < -0.39 is 0 Å². The molecule has 0 aliphatic heterocycles. The van der Waals surface area contributed by atoms with E-state index in [9.17, 15) is 0 Å². The molecular formula is C13H19BrN4O. The molecular weight excluding hydrogens is 308 g/mol. The summed E-state index contributed by atoms with van der Waals surface area (Å²) in [4.78, 5) is 4.42. The summed E-state index contributed by atoms with van der Waals surface area (Å²) in [5.74, 6) is 0.664. The molecule has 19 heavy (non-hydrogen) atoms. The van der Waals surface area contributed by atoms with E-state index in [0.29, 0.717) is 12.1 Å². The van der Waals surface area contributed by atoms with Gasteiger partial charge in [0, 0.05) is 19.3 Å². The van der Waals surface area contributed by atoms with Crippen molar-refractivity contribution in [2.24, 2.45) is 0 Å². The molecule has 0 aliphatic rings. The van der Waals surface area contributed by atoms with Crippen LogP contribution in [0.4, 0.5) is 5.95 Å². The average Bonchev–Trinajstić information content (AvgIpc) is 2.78. The van der Waals surface area contributed by atoms with Crippen molar-refractivity contribution in [3.05, 3.63) is 22.8 Å². The Bertz CT molecular complexity index is 526. The lowest BCUT2D eigenvalue weighted by Gasteiger charge is -2.06. The Morgan fingerprint density at radius 2 is 2.26 bits per heavy atom. The second-order valence-corrected chi connectivity index (χ2v) is 5.47. The van der Waals surface area contributed by atoms with Crippen LogP contribution in [0.5, 0.6) is 0 Å². The smallest absolute Gasteiger partial charge is 0.243 e. The molecule has 2 aromatic heterocycles. The number of halogens is 1. The number of hydrogen-bond acceptors (Lipinski definition) is 4. The highest BCUT2D eigenvalue weighted by Crippen LogP contribution is 2.16. The quantitative estimate of drug-likeness (QED) is 0.794. The van der Waals surface area contributed by atoms with Crippen LogP contribution in [0.3, 0.4) is 0 Å². The molecule has 2 rings (SSSR count). The van der Waals surface area contributed by atoms with Gasteiger partial charge >= 0.3 is 0 Å². The molecule has 1 N–H and O–H groups in total. The Morgan fingerprint density at radius 3 is 3.00 bits per heavy atom. The van der Waals surface area contributed by atoms with Gasteiger partial charge in [-0.15, -0.1) is 5.10 Å². The van der Waals surface area contributed by atoms with Crippen molar-refractivity contribution in [1.82, 2.24) is 14.6 Å². The number of hydrogen-bond donors (Lipinski definition) is 1. The minimum atomic E-state index is 0.311. The topological polar surface area (TPSA) is 51.5 Å². The molecule has 0 saturated heterocycles. The Labute approximate surface area is 121 Å². The fourth-order valence-corrected chi connectivity index (χ4v) is 2.12. The zero-order valence-electron chi connectivity index (χ0n) is 11.3. The second-order valence-electron chi connectivity index (χ2n) is 4.61. The summed E-state index contributed by atoms with van der Waals surface area (Å²) in [6.07, 6.45) is 4.28. The van der Waals surface area contributed by atoms with E-state index in [4.69, 9.17) is 4.74 Å². The monoisotopic (exact) mass is 326 g/mol. The number of fused-ring (bicyclic) bond motifs is 1. The summed E-state index contributed by atoms with van der Waals surface area (Å²) < 4.78 is 8.19. The van der Waals surface area contributed by atoms with Crippen LogP contribution in [0.2, 0.25) is 0 Å². The van der Waals surface area contributed by atoms with Gasteiger partial charge in [0.1, 0.15) is 0 Å². The highest BCUT2D eigenvalue weighted by molar-refractivity contribution is 9.10. The van der Waals surface area contributed by atoms with Gasteiger partial charge in [0.15, 0.2) is 5.65 Å². The van der Waals surface area contributed by atoms with E-state index in [1.165, 1.54) is 0 Å². The number of pyridine rings is 1. The third kappa shape index (κ3) is 4.18. The maximum atomic E-state index is 5.49. The lowest BCUT2D eigenvalue weighted by molar-refractivity contribution is 0.0765. The zero-order valence-corrected chi connectivity index (χ0v) is 12.9. The third-order valence-electron chi connectivity index (χ3n) is 2.62. The van der Waals surface area contributed by atoms with Gasteiger partial charge in [0.05, 0.1) is 10.6 Å². The van der Waals surface area contributed by atoms with Crippen molar-refractivity contribution in [3.8, 4) is 0 Å². The lowest BCUT2D eigenvalue weighted by Crippen LogP contribution is -2.07. The number of nitrogens with one attached hydrogen (secondary N) is 1. The summed E-state index contributed by atoms with van der Waals surface area (Å²) in [5.41, 5.74) is 0.827. The average molecular weight is 327 g/mol. The third-order valence-corrected chi connectivity index (χ3v) is 3.24. The van der Waals surface area contributed by atoms with E-state index in [-0.39, 0.29) is 0 Å². The van der Waals surface area contributed by atoms with Crippen molar-refractivity contribution in [3.63, 3.8) is 0 Å². The van der Waals surface area contributed by atoms with Crippen LogP contribution in [-0.2, 0) is 4.74 Å². The predicted molar refractivity (Wildman–Crippen MR) is 79.5 cm³/mol. The Kier molecular flexibility index (Phi) is 5.15. The van der Waals surface area contributed by atoms with Crippen LogP contribution < -0.4 is 5.32 Å². The molecule has 0 amide bonds. The number of unbranched alkanes of at least 4 members (excludes halogenated alkanes) is 1. The number of aromatic nitrogens is 3. The van der Waals surface area contributed by atoms with E-state index in [1.807, 2.05) is 18.3 Å². The maximum absolute atomic E-state index is 5.49. The van der Waals surface area contributed by atoms with Gasteiger partial charge in [0.25, 0.3) is 0 Å². The first kappa shape index (κ1) is 14.3. The molecule has 2 aromatic rings. The largest absolute Gasteiger partial charge is 0.379 e. The standard InChI is InChI=1S/C13H19BrN4O/c1-10(2)19-9-4-3-7-15-13-16-12-11(14)6-5-8-18(12)17-13/h5-6,8,10H,3-4,7,9H2,1-2H3,(H,15,17). The van der Waals surface area contributed by atoms with Gasteiger partial charge in [-0.1, -0.05) is 0 Å². The number of rotatable bonds is 7. The van der Waals surface area contributed by atoms with Crippen molar-refractivity contribution >= 4 is 27.5 Å². The summed E-state index contributed by atoms with van der Waals surface area (Å²) in [7, 11) is 0. The van der Waals surface area contributed by atoms with Gasteiger partial charge in [-0.3, -0.25) is 0 Å². The molecule has 0 fully saturated rings. The van der Waals surface area contributed by atoms with Crippen LogP contribution in [0.1, 0.15) is 26.7 Å². The molecule has 0 aromatic carbocycles. The summed E-state index contributed by atoms with van der Waals surface area (Å²) >= 11 is 3.46. The van der Waals surface area contributed by atoms with E-state index in [1.54, 1.807) is 4.52 Å². The summed E-state index contributed by atoms with van der Waals surface area (Å²) in [6.45, 7) is 5.77. The fourth-order valence-electron chi connectivity index (χ4n) is 1.69. The Hall–Kier alpha value is -1.14. The second kappa shape index (κ2) is 6.86. The van der Waals surface area contributed by atoms with Crippen LogP contribution in [0.25, 0.3) is 5.65 Å². The van der Waals surface area contributed by atoms with Crippen LogP contribution in [0, 0.1) is 0 Å². The van der Waals surface area contributed by atoms with E-state index >= 15 is 0 Å². The Balaban J connectivity index is 1.77. The van der Waals surface area contributed by atoms with Gasteiger partial charge in [-0.25, -0.2) is 4.52 Å². The molecule has 0 atom stereocenters. The van der Waals surface area contributed by atoms with Gasteiger partial charge in [-0.05, 0) is 54.8 Å². The Morgan fingerprint density at radius 1 is 1.42 bits per heavy atom. The molecule has 5 nitrogen and oxygen atoms in total. The van der Waals surface area contributed by atoms with Crippen molar-refractivity contribution in [1.29, 1.82) is 0 Å². The highest BCUT2D eigenvalue weighted by atomic mass is 79.9. The number of ether oxygens (including phenoxy) is 1. The first-order valence-corrected chi connectivity index (χ1v) is 7.32. The van der Waals surface area contributed by atoms with E-state index in [2.05, 4.69) is 45.2 Å².